The third-order valence-corrected chi connectivity index (χ3v) is 3.59. The van der Waals surface area contributed by atoms with E-state index in [2.05, 4.69) is 26.1 Å². The third kappa shape index (κ3) is 3.35. The van der Waals surface area contributed by atoms with E-state index >= 15 is 0 Å². The summed E-state index contributed by atoms with van der Waals surface area (Å²) < 4.78 is 1.56. The van der Waals surface area contributed by atoms with E-state index in [0.29, 0.717) is 11.3 Å². The Morgan fingerprint density at radius 1 is 1.17 bits per heavy atom. The lowest BCUT2D eigenvalue weighted by Gasteiger charge is -2.06. The summed E-state index contributed by atoms with van der Waals surface area (Å²) in [7, 11) is 0. The van der Waals surface area contributed by atoms with E-state index in [0.717, 1.165) is 16.8 Å². The van der Waals surface area contributed by atoms with Crippen LogP contribution in [0.2, 0.25) is 0 Å². The van der Waals surface area contributed by atoms with Gasteiger partial charge in [0.15, 0.2) is 0 Å². The number of rotatable bonds is 4. The number of nitrogens with zero attached hydrogens (tertiary/aromatic N) is 5. The number of tetrazole rings is 1. The number of hydrazone groups is 1. The van der Waals surface area contributed by atoms with Crippen LogP contribution in [0, 0.1) is 6.92 Å². The van der Waals surface area contributed by atoms with Crippen molar-refractivity contribution in [3.63, 3.8) is 0 Å². The molecule has 0 saturated heterocycles. The number of hydrogen-bond acceptors (Lipinski definition) is 5. The van der Waals surface area contributed by atoms with E-state index in [1.807, 2.05) is 56.3 Å². The second-order valence-electron chi connectivity index (χ2n) is 5.26. The molecule has 1 N–H and O–H groups in total. The molecule has 0 saturated carbocycles. The molecule has 0 atom stereocenters. The molecule has 120 valence electrons. The van der Waals surface area contributed by atoms with E-state index in [4.69, 9.17) is 0 Å². The Hall–Kier alpha value is -3.35. The highest BCUT2D eigenvalue weighted by Gasteiger charge is 2.08. The minimum absolute atomic E-state index is 0.232. The quantitative estimate of drug-likeness (QED) is 0.589. The zero-order valence-corrected chi connectivity index (χ0v) is 13.3. The number of amides is 1. The second kappa shape index (κ2) is 6.82. The number of aromatic nitrogens is 4. The monoisotopic (exact) mass is 320 g/mol. The summed E-state index contributed by atoms with van der Waals surface area (Å²) in [6, 6.07) is 15.0. The number of nitrogens with one attached hydrogen (secondary N) is 1. The van der Waals surface area contributed by atoms with Gasteiger partial charge in [0.1, 0.15) is 6.33 Å². The molecule has 1 amide bonds. The normalized spacial score (nSPS) is 11.3. The summed E-state index contributed by atoms with van der Waals surface area (Å²) in [4.78, 5) is 12.2. The molecule has 3 rings (SSSR count). The third-order valence-electron chi connectivity index (χ3n) is 3.59. The van der Waals surface area contributed by atoms with Crippen LogP contribution in [0.4, 0.5) is 0 Å². The summed E-state index contributed by atoms with van der Waals surface area (Å²) in [5.41, 5.74) is 6.48. The molecule has 7 heteroatoms. The first-order chi connectivity index (χ1) is 11.6. The van der Waals surface area contributed by atoms with Crippen molar-refractivity contribution in [3.8, 4) is 5.69 Å². The zero-order chi connectivity index (χ0) is 16.9. The number of hydrogen-bond donors (Lipinski definition) is 1. The Bertz CT molecular complexity index is 886. The molecule has 0 unspecified atom stereocenters. The fourth-order valence-corrected chi connectivity index (χ4v) is 2.24. The Balaban J connectivity index is 1.78. The van der Waals surface area contributed by atoms with Gasteiger partial charge in [-0.05, 0) is 53.6 Å². The first-order valence-electron chi connectivity index (χ1n) is 7.39. The van der Waals surface area contributed by atoms with E-state index in [9.17, 15) is 4.79 Å². The minimum atomic E-state index is -0.232. The average Bonchev–Trinajstić information content (AvgIpc) is 3.14. The first-order valence-corrected chi connectivity index (χ1v) is 7.39. The molecule has 0 fully saturated rings. The van der Waals surface area contributed by atoms with Crippen LogP contribution in [0.25, 0.3) is 5.69 Å². The maximum absolute atomic E-state index is 12.2. The standard InChI is InChI=1S/C17H16N6O/c1-12-6-3-4-9-16(12)17(24)20-19-13(2)14-7-5-8-15(10-14)23-11-18-21-22-23/h3-11H,1-2H3,(H,20,24)/b19-13+. The molecule has 0 aliphatic heterocycles. The van der Waals surface area contributed by atoms with Gasteiger partial charge in [-0.1, -0.05) is 30.3 Å². The van der Waals surface area contributed by atoms with Crippen molar-refractivity contribution >= 4 is 11.6 Å². The largest absolute Gasteiger partial charge is 0.271 e. The Kier molecular flexibility index (Phi) is 4.42. The lowest BCUT2D eigenvalue weighted by molar-refractivity contribution is 0.0954. The van der Waals surface area contributed by atoms with Gasteiger partial charge in [-0.3, -0.25) is 4.79 Å². The molecule has 24 heavy (non-hydrogen) atoms. The summed E-state index contributed by atoms with van der Waals surface area (Å²) in [5.74, 6) is -0.232. The van der Waals surface area contributed by atoms with Gasteiger partial charge in [0.25, 0.3) is 5.91 Å². The highest BCUT2D eigenvalue weighted by molar-refractivity contribution is 6.01. The zero-order valence-electron chi connectivity index (χ0n) is 13.3. The average molecular weight is 320 g/mol. The van der Waals surface area contributed by atoms with Gasteiger partial charge in [-0.2, -0.15) is 5.10 Å². The second-order valence-corrected chi connectivity index (χ2v) is 5.26. The molecule has 0 radical (unpaired) electrons. The lowest BCUT2D eigenvalue weighted by atomic mass is 10.1. The van der Waals surface area contributed by atoms with Crippen molar-refractivity contribution in [2.24, 2.45) is 5.10 Å². The number of benzene rings is 2. The van der Waals surface area contributed by atoms with Crippen molar-refractivity contribution in [1.29, 1.82) is 0 Å². The minimum Gasteiger partial charge on any atom is -0.267 e. The van der Waals surface area contributed by atoms with Crippen LogP contribution < -0.4 is 5.43 Å². The van der Waals surface area contributed by atoms with Crippen LogP contribution in [0.5, 0.6) is 0 Å². The van der Waals surface area contributed by atoms with Gasteiger partial charge in [0, 0.05) is 5.56 Å². The molecule has 0 spiro atoms. The SMILES string of the molecule is C/C(=N\NC(=O)c1ccccc1C)c1cccc(-n2cnnn2)c1. The molecular weight excluding hydrogens is 304 g/mol. The topological polar surface area (TPSA) is 85.1 Å². The van der Waals surface area contributed by atoms with E-state index in [1.165, 1.54) is 6.33 Å². The predicted molar refractivity (Wildman–Crippen MR) is 90.0 cm³/mol. The van der Waals surface area contributed by atoms with Crippen molar-refractivity contribution in [1.82, 2.24) is 25.6 Å². The van der Waals surface area contributed by atoms with Gasteiger partial charge in [-0.25, -0.2) is 10.1 Å². The molecule has 0 aliphatic rings. The highest BCUT2D eigenvalue weighted by atomic mass is 16.2. The Labute approximate surface area is 139 Å². The van der Waals surface area contributed by atoms with Crippen LogP contribution in [-0.4, -0.2) is 31.8 Å². The maximum atomic E-state index is 12.2. The summed E-state index contributed by atoms with van der Waals surface area (Å²) in [6.45, 7) is 3.72. The highest BCUT2D eigenvalue weighted by Crippen LogP contribution is 2.10. The van der Waals surface area contributed by atoms with Gasteiger partial charge >= 0.3 is 0 Å². The van der Waals surface area contributed by atoms with Crippen LogP contribution >= 0.6 is 0 Å². The van der Waals surface area contributed by atoms with E-state index in [-0.39, 0.29) is 5.91 Å². The molecule has 2 aromatic carbocycles. The van der Waals surface area contributed by atoms with Crippen LogP contribution in [0.3, 0.4) is 0 Å². The van der Waals surface area contributed by atoms with Gasteiger partial charge in [-0.15, -0.1) is 5.10 Å². The summed E-state index contributed by atoms with van der Waals surface area (Å²) in [5, 5.41) is 15.3. The number of carbonyl (C=O) groups is 1. The van der Waals surface area contributed by atoms with Crippen molar-refractivity contribution < 1.29 is 4.79 Å². The number of aryl methyl sites for hydroxylation is 1. The molecule has 3 aromatic rings. The fourth-order valence-electron chi connectivity index (χ4n) is 2.24. The lowest BCUT2D eigenvalue weighted by Crippen LogP contribution is -2.20. The van der Waals surface area contributed by atoms with Crippen molar-refractivity contribution in [2.45, 2.75) is 13.8 Å². The van der Waals surface area contributed by atoms with Crippen molar-refractivity contribution in [3.05, 3.63) is 71.5 Å². The molecule has 0 aliphatic carbocycles. The van der Waals surface area contributed by atoms with Crippen LogP contribution in [0.1, 0.15) is 28.4 Å². The van der Waals surface area contributed by atoms with Gasteiger partial charge < -0.3 is 0 Å². The Morgan fingerprint density at radius 3 is 2.75 bits per heavy atom. The molecule has 1 aromatic heterocycles. The van der Waals surface area contributed by atoms with Crippen molar-refractivity contribution in [2.75, 3.05) is 0 Å². The number of carbonyl (C=O) groups excluding carboxylic acids is 1. The first kappa shape index (κ1) is 15.5. The fraction of sp³-hybridized carbons (Fsp3) is 0.118. The predicted octanol–water partition coefficient (Wildman–Crippen LogP) is 2.12. The summed E-state index contributed by atoms with van der Waals surface area (Å²) >= 11 is 0. The van der Waals surface area contributed by atoms with Crippen LogP contribution in [-0.2, 0) is 0 Å². The molecule has 1 heterocycles. The van der Waals surface area contributed by atoms with Crippen LogP contribution in [0.15, 0.2) is 60.0 Å². The van der Waals surface area contributed by atoms with E-state index < -0.39 is 0 Å². The molecule has 7 nitrogen and oxygen atoms in total. The van der Waals surface area contributed by atoms with Gasteiger partial charge in [0.05, 0.1) is 11.4 Å². The maximum Gasteiger partial charge on any atom is 0.271 e. The molecular formula is C17H16N6O. The smallest absolute Gasteiger partial charge is 0.267 e. The Morgan fingerprint density at radius 2 is 2.00 bits per heavy atom. The summed E-state index contributed by atoms with van der Waals surface area (Å²) in [6.07, 6.45) is 1.52. The molecule has 0 bridgehead atoms. The van der Waals surface area contributed by atoms with Gasteiger partial charge in [0.2, 0.25) is 0 Å². The van der Waals surface area contributed by atoms with E-state index in [1.54, 1.807) is 10.7 Å².